The molecule has 0 aliphatic carbocycles. The van der Waals surface area contributed by atoms with Crippen LogP contribution in [-0.2, 0) is 14.3 Å². The zero-order chi connectivity index (χ0) is 20.6. The normalized spacial score (nSPS) is 15.1. The van der Waals surface area contributed by atoms with Crippen molar-refractivity contribution < 1.29 is 19.2 Å². The molecule has 1 aliphatic heterocycles. The Bertz CT molecular complexity index is 887. The van der Waals surface area contributed by atoms with Crippen molar-refractivity contribution >= 4 is 23.6 Å². The molecular weight excluding hydrogens is 372 g/mol. The third-order valence-corrected chi connectivity index (χ3v) is 4.74. The Morgan fingerprint density at radius 1 is 1.00 bits per heavy atom. The lowest BCUT2D eigenvalue weighted by molar-refractivity contribution is -0.384. The van der Waals surface area contributed by atoms with Crippen LogP contribution in [0.5, 0.6) is 0 Å². The molecule has 150 valence electrons. The second kappa shape index (κ2) is 9.64. The summed E-state index contributed by atoms with van der Waals surface area (Å²) in [7, 11) is 0. The molecule has 2 aromatic carbocycles. The number of non-ortho nitro benzene ring substituents is 1. The van der Waals surface area contributed by atoms with Crippen molar-refractivity contribution in [1.29, 1.82) is 0 Å². The van der Waals surface area contributed by atoms with Crippen molar-refractivity contribution in [2.75, 3.05) is 13.1 Å². The number of hydrogen-bond donors (Lipinski definition) is 0. The highest BCUT2D eigenvalue weighted by Gasteiger charge is 2.29. The van der Waals surface area contributed by atoms with Gasteiger partial charge in [0.1, 0.15) is 0 Å². The Morgan fingerprint density at radius 2 is 1.66 bits per heavy atom. The quantitative estimate of drug-likeness (QED) is 0.321. The van der Waals surface area contributed by atoms with Crippen molar-refractivity contribution in [2.24, 2.45) is 0 Å². The Labute approximate surface area is 168 Å². The molecule has 1 heterocycles. The summed E-state index contributed by atoms with van der Waals surface area (Å²) >= 11 is 0. The maximum absolute atomic E-state index is 13.0. The fourth-order valence-electron chi connectivity index (χ4n) is 3.20. The number of hydrogen-bond acceptors (Lipinski definition) is 5. The van der Waals surface area contributed by atoms with Gasteiger partial charge in [-0.2, -0.15) is 0 Å². The molecule has 0 aromatic heterocycles. The first-order valence-corrected chi connectivity index (χ1v) is 9.51. The van der Waals surface area contributed by atoms with E-state index in [1.165, 1.54) is 36.4 Å². The van der Waals surface area contributed by atoms with E-state index in [9.17, 15) is 19.7 Å². The lowest BCUT2D eigenvalue weighted by Crippen LogP contribution is -2.40. The molecule has 1 saturated heterocycles. The smallest absolute Gasteiger partial charge is 0.331 e. The van der Waals surface area contributed by atoms with E-state index in [1.807, 2.05) is 6.07 Å². The second-order valence-electron chi connectivity index (χ2n) is 6.80. The predicted molar refractivity (Wildman–Crippen MR) is 108 cm³/mol. The average Bonchev–Trinajstić information content (AvgIpc) is 2.77. The molecule has 0 saturated carbocycles. The third-order valence-electron chi connectivity index (χ3n) is 4.74. The number of carbonyl (C=O) groups is 2. The molecule has 3 rings (SSSR count). The van der Waals surface area contributed by atoms with Gasteiger partial charge >= 0.3 is 5.97 Å². The molecule has 2 aromatic rings. The number of ether oxygens (including phenoxy) is 1. The number of benzene rings is 2. The van der Waals surface area contributed by atoms with Crippen LogP contribution in [-0.4, -0.2) is 34.8 Å². The minimum atomic E-state index is -0.997. The van der Waals surface area contributed by atoms with Gasteiger partial charge in [-0.1, -0.05) is 30.3 Å². The molecule has 0 unspecified atom stereocenters. The van der Waals surface area contributed by atoms with E-state index >= 15 is 0 Å². The molecule has 1 fully saturated rings. The summed E-state index contributed by atoms with van der Waals surface area (Å²) in [5.41, 5.74) is 1.22. The van der Waals surface area contributed by atoms with Gasteiger partial charge in [0, 0.05) is 36.9 Å². The number of nitrogens with zero attached hydrogens (tertiary/aromatic N) is 2. The fourth-order valence-corrected chi connectivity index (χ4v) is 3.20. The Hall–Kier alpha value is -3.48. The molecule has 1 atom stereocenters. The van der Waals surface area contributed by atoms with Gasteiger partial charge in [-0.25, -0.2) is 4.79 Å². The van der Waals surface area contributed by atoms with Gasteiger partial charge < -0.3 is 9.64 Å². The van der Waals surface area contributed by atoms with Gasteiger partial charge in [0.15, 0.2) is 0 Å². The minimum Gasteiger partial charge on any atom is -0.444 e. The second-order valence-corrected chi connectivity index (χ2v) is 6.80. The maximum atomic E-state index is 13.0. The van der Waals surface area contributed by atoms with Crippen LogP contribution in [0.1, 0.15) is 36.5 Å². The largest absolute Gasteiger partial charge is 0.444 e. The van der Waals surface area contributed by atoms with Gasteiger partial charge in [0.25, 0.3) is 11.6 Å². The SMILES string of the molecule is O=C(/C=C/c1ccc([N+](=O)[O-])cc1)O[C@@H](C(=O)N1CCCCC1)c1ccccc1. The summed E-state index contributed by atoms with van der Waals surface area (Å²) < 4.78 is 5.51. The Kier molecular flexibility index (Phi) is 6.73. The van der Waals surface area contributed by atoms with Crippen LogP contribution in [0.15, 0.2) is 60.7 Å². The van der Waals surface area contributed by atoms with Gasteiger partial charge in [0.2, 0.25) is 6.10 Å². The number of carbonyl (C=O) groups excluding carboxylic acids is 2. The van der Waals surface area contributed by atoms with Gasteiger partial charge in [-0.15, -0.1) is 0 Å². The van der Waals surface area contributed by atoms with Crippen LogP contribution in [0, 0.1) is 10.1 Å². The first-order valence-electron chi connectivity index (χ1n) is 9.51. The number of nitro benzene ring substituents is 1. The van der Waals surface area contributed by atoms with Crippen LogP contribution < -0.4 is 0 Å². The molecule has 0 bridgehead atoms. The number of rotatable bonds is 6. The molecule has 0 N–H and O–H groups in total. The highest BCUT2D eigenvalue weighted by atomic mass is 16.6. The molecule has 0 radical (unpaired) electrons. The molecule has 1 aliphatic rings. The molecule has 7 nitrogen and oxygen atoms in total. The molecule has 0 spiro atoms. The summed E-state index contributed by atoms with van der Waals surface area (Å²) in [6.45, 7) is 1.33. The van der Waals surface area contributed by atoms with Crippen LogP contribution >= 0.6 is 0 Å². The Balaban J connectivity index is 1.72. The molecule has 1 amide bonds. The Morgan fingerprint density at radius 3 is 2.28 bits per heavy atom. The zero-order valence-electron chi connectivity index (χ0n) is 15.9. The number of nitro groups is 1. The summed E-state index contributed by atoms with van der Waals surface area (Å²) in [5.74, 6) is -0.865. The minimum absolute atomic E-state index is 0.0269. The highest BCUT2D eigenvalue weighted by molar-refractivity contribution is 5.91. The topological polar surface area (TPSA) is 89.7 Å². The predicted octanol–water partition coefficient (Wildman–Crippen LogP) is 3.91. The van der Waals surface area contributed by atoms with E-state index in [0.717, 1.165) is 19.3 Å². The van der Waals surface area contributed by atoms with E-state index in [1.54, 1.807) is 29.2 Å². The summed E-state index contributed by atoms with van der Waals surface area (Å²) in [6.07, 6.45) is 4.71. The van der Waals surface area contributed by atoms with Gasteiger partial charge in [-0.3, -0.25) is 14.9 Å². The maximum Gasteiger partial charge on any atom is 0.331 e. The number of amides is 1. The monoisotopic (exact) mass is 394 g/mol. The fraction of sp³-hybridized carbons (Fsp3) is 0.273. The van der Waals surface area contributed by atoms with Crippen molar-refractivity contribution in [3.8, 4) is 0 Å². The van der Waals surface area contributed by atoms with Crippen LogP contribution in [0.3, 0.4) is 0 Å². The molecule has 29 heavy (non-hydrogen) atoms. The number of esters is 1. The summed E-state index contributed by atoms with van der Waals surface area (Å²) in [5, 5.41) is 10.7. The van der Waals surface area contributed by atoms with Crippen molar-refractivity contribution in [3.05, 3.63) is 81.9 Å². The van der Waals surface area contributed by atoms with Crippen LogP contribution in [0.25, 0.3) is 6.08 Å². The van der Waals surface area contributed by atoms with E-state index in [2.05, 4.69) is 0 Å². The van der Waals surface area contributed by atoms with Gasteiger partial charge in [-0.05, 0) is 43.0 Å². The lowest BCUT2D eigenvalue weighted by atomic mass is 10.1. The van der Waals surface area contributed by atoms with Gasteiger partial charge in [0.05, 0.1) is 4.92 Å². The molecular formula is C22H22N2O5. The van der Waals surface area contributed by atoms with Crippen molar-refractivity contribution in [2.45, 2.75) is 25.4 Å². The molecule has 7 heteroatoms. The van der Waals surface area contributed by atoms with E-state index < -0.39 is 17.0 Å². The van der Waals surface area contributed by atoms with Crippen LogP contribution in [0.2, 0.25) is 0 Å². The van der Waals surface area contributed by atoms with Crippen LogP contribution in [0.4, 0.5) is 5.69 Å². The van der Waals surface area contributed by atoms with E-state index in [0.29, 0.717) is 24.2 Å². The first-order chi connectivity index (χ1) is 14.0. The van der Waals surface area contributed by atoms with Crippen molar-refractivity contribution in [1.82, 2.24) is 4.90 Å². The summed E-state index contributed by atoms with van der Waals surface area (Å²) in [6, 6.07) is 14.8. The van der Waals surface area contributed by atoms with E-state index in [4.69, 9.17) is 4.74 Å². The first kappa shape index (κ1) is 20.3. The third kappa shape index (κ3) is 5.51. The lowest BCUT2D eigenvalue weighted by Gasteiger charge is -2.30. The zero-order valence-corrected chi connectivity index (χ0v) is 15.9. The number of piperidine rings is 1. The van der Waals surface area contributed by atoms with Crippen molar-refractivity contribution in [3.63, 3.8) is 0 Å². The summed E-state index contributed by atoms with van der Waals surface area (Å²) in [4.78, 5) is 37.3. The average molecular weight is 394 g/mol. The van der Waals surface area contributed by atoms with E-state index in [-0.39, 0.29) is 11.6 Å². The standard InChI is InChI=1S/C22H22N2O5/c25-20(14-11-17-9-12-19(13-10-17)24(27)28)29-21(18-7-3-1-4-8-18)22(26)23-15-5-2-6-16-23/h1,3-4,7-14,21H,2,5-6,15-16H2/b14-11+/t21-/m1/s1. The number of likely N-dealkylation sites (tertiary alicyclic amines) is 1. The highest BCUT2D eigenvalue weighted by Crippen LogP contribution is 2.23.